The average Bonchev–Trinajstić information content (AvgIpc) is 3.18. The third-order valence-corrected chi connectivity index (χ3v) is 8.80. The minimum absolute atomic E-state index is 0.0717. The minimum atomic E-state index is -4.14. The Hall–Kier alpha value is -3.12. The topological polar surface area (TPSA) is 136 Å². The lowest BCUT2D eigenvalue weighted by Gasteiger charge is -2.38. The highest BCUT2D eigenvalue weighted by molar-refractivity contribution is 7.90. The molecule has 3 heterocycles. The van der Waals surface area contributed by atoms with Gasteiger partial charge >= 0.3 is 12.1 Å². The number of rotatable bonds is 3. The van der Waals surface area contributed by atoms with Crippen molar-refractivity contribution in [2.24, 2.45) is 0 Å². The van der Waals surface area contributed by atoms with E-state index in [0.29, 0.717) is 10.4 Å². The number of carbonyl (C=O) groups excluding carboxylic acids is 3. The fourth-order valence-corrected chi connectivity index (χ4v) is 7.18. The number of nitrogens with two attached hydrogens (primary N) is 1. The zero-order valence-corrected chi connectivity index (χ0v) is 23.3. The van der Waals surface area contributed by atoms with Crippen LogP contribution in [0, 0.1) is 0 Å². The van der Waals surface area contributed by atoms with Crippen LogP contribution in [0.1, 0.15) is 78.7 Å². The highest BCUT2D eigenvalue weighted by Crippen LogP contribution is 2.44. The maximum atomic E-state index is 13.3. The van der Waals surface area contributed by atoms with Crippen molar-refractivity contribution in [3.63, 3.8) is 0 Å². The number of fused-ring (bicyclic) bond motifs is 2. The maximum absolute atomic E-state index is 13.3. The van der Waals surface area contributed by atoms with Gasteiger partial charge in [0.2, 0.25) is 0 Å². The van der Waals surface area contributed by atoms with Gasteiger partial charge in [0, 0.05) is 11.4 Å². The Kier molecular flexibility index (Phi) is 6.56. The molecule has 10 nitrogen and oxygen atoms in total. The Bertz CT molecular complexity index is 1380. The molecule has 2 amide bonds. The molecule has 0 bridgehead atoms. The SMILES string of the molecule is CC(C)(C)OC(=O)c1c(N)sc2c1CCN(C(=O)OC(C)(C)C)C2CN1C(=O)c2ccccc2S1(=O)=O. The molecule has 12 heteroatoms. The number of benzene rings is 1. The first kappa shape index (κ1) is 26.9. The van der Waals surface area contributed by atoms with Gasteiger partial charge in [0.15, 0.2) is 0 Å². The molecule has 2 aliphatic heterocycles. The minimum Gasteiger partial charge on any atom is -0.456 e. The maximum Gasteiger partial charge on any atom is 0.410 e. The van der Waals surface area contributed by atoms with Crippen molar-refractivity contribution >= 4 is 44.3 Å². The summed E-state index contributed by atoms with van der Waals surface area (Å²) in [6.07, 6.45) is -0.371. The van der Waals surface area contributed by atoms with Gasteiger partial charge in [-0.25, -0.2) is 22.3 Å². The highest BCUT2D eigenvalue weighted by Gasteiger charge is 2.46. The predicted molar refractivity (Wildman–Crippen MR) is 138 cm³/mol. The molecule has 0 fully saturated rings. The first-order chi connectivity index (χ1) is 17.0. The van der Waals surface area contributed by atoms with E-state index in [1.54, 1.807) is 53.7 Å². The van der Waals surface area contributed by atoms with Crippen LogP contribution >= 0.6 is 11.3 Å². The van der Waals surface area contributed by atoms with Crippen LogP contribution in [0.15, 0.2) is 29.2 Å². The lowest BCUT2D eigenvalue weighted by atomic mass is 9.97. The van der Waals surface area contributed by atoms with Crippen LogP contribution in [0.5, 0.6) is 0 Å². The molecule has 0 saturated carbocycles. The number of thiophene rings is 1. The molecule has 1 atom stereocenters. The smallest absolute Gasteiger partial charge is 0.410 e. The van der Waals surface area contributed by atoms with E-state index in [1.807, 2.05) is 0 Å². The van der Waals surface area contributed by atoms with Crippen molar-refractivity contribution in [2.75, 3.05) is 18.8 Å². The zero-order chi connectivity index (χ0) is 27.5. The second-order valence-corrected chi connectivity index (χ2v) is 13.9. The molecular formula is C25H31N3O7S2. The van der Waals surface area contributed by atoms with Crippen molar-refractivity contribution in [1.82, 2.24) is 9.21 Å². The van der Waals surface area contributed by atoms with Crippen LogP contribution < -0.4 is 5.73 Å². The third kappa shape index (κ3) is 5.04. The van der Waals surface area contributed by atoms with Crippen molar-refractivity contribution in [3.8, 4) is 0 Å². The first-order valence-electron chi connectivity index (χ1n) is 11.8. The van der Waals surface area contributed by atoms with Gasteiger partial charge in [-0.3, -0.25) is 9.69 Å². The fraction of sp³-hybridized carbons (Fsp3) is 0.480. The van der Waals surface area contributed by atoms with Crippen LogP contribution in [0.3, 0.4) is 0 Å². The largest absolute Gasteiger partial charge is 0.456 e. The number of anilines is 1. The Morgan fingerprint density at radius 3 is 2.30 bits per heavy atom. The van der Waals surface area contributed by atoms with Crippen LogP contribution in [0.25, 0.3) is 0 Å². The Morgan fingerprint density at radius 2 is 1.70 bits per heavy atom. The van der Waals surface area contributed by atoms with Crippen LogP contribution in [-0.4, -0.2) is 59.9 Å². The molecule has 200 valence electrons. The van der Waals surface area contributed by atoms with Gasteiger partial charge in [0.1, 0.15) is 21.1 Å². The van der Waals surface area contributed by atoms with E-state index in [2.05, 4.69) is 0 Å². The number of nitrogens with zero attached hydrogens (tertiary/aromatic N) is 2. The normalized spacial score (nSPS) is 18.9. The number of nitrogen functional groups attached to an aromatic ring is 1. The highest BCUT2D eigenvalue weighted by atomic mass is 32.2. The van der Waals surface area contributed by atoms with E-state index in [1.165, 1.54) is 17.0 Å². The summed E-state index contributed by atoms with van der Waals surface area (Å²) in [5, 5.41) is 0.203. The molecule has 0 spiro atoms. The summed E-state index contributed by atoms with van der Waals surface area (Å²) in [5.74, 6) is -1.27. The monoisotopic (exact) mass is 549 g/mol. The van der Waals surface area contributed by atoms with E-state index in [9.17, 15) is 22.8 Å². The van der Waals surface area contributed by atoms with Gasteiger partial charge in [-0.1, -0.05) is 12.1 Å². The molecule has 2 aliphatic rings. The quantitative estimate of drug-likeness (QED) is 0.568. The zero-order valence-electron chi connectivity index (χ0n) is 21.7. The van der Waals surface area contributed by atoms with Gasteiger partial charge < -0.3 is 15.2 Å². The Balaban J connectivity index is 1.78. The number of hydrogen-bond donors (Lipinski definition) is 1. The van der Waals surface area contributed by atoms with Crippen LogP contribution in [0.4, 0.5) is 9.80 Å². The summed E-state index contributed by atoms with van der Waals surface area (Å²) in [6, 6.07) is 5.07. The number of ether oxygens (including phenoxy) is 2. The molecule has 1 unspecified atom stereocenters. The molecule has 4 rings (SSSR count). The number of amides is 2. The second kappa shape index (κ2) is 9.02. The molecule has 0 radical (unpaired) electrons. The van der Waals surface area contributed by atoms with E-state index in [4.69, 9.17) is 15.2 Å². The van der Waals surface area contributed by atoms with Crippen molar-refractivity contribution in [1.29, 1.82) is 0 Å². The molecule has 2 aromatic rings. The van der Waals surface area contributed by atoms with E-state index < -0.39 is 45.2 Å². The fourth-order valence-electron chi connectivity index (χ4n) is 4.39. The lowest BCUT2D eigenvalue weighted by Crippen LogP contribution is -2.47. The number of sulfonamides is 1. The Morgan fingerprint density at radius 1 is 1.08 bits per heavy atom. The predicted octanol–water partition coefficient (Wildman–Crippen LogP) is 3.96. The molecular weight excluding hydrogens is 518 g/mol. The van der Waals surface area contributed by atoms with Crippen LogP contribution in [-0.2, 0) is 25.9 Å². The summed E-state index contributed by atoms with van der Waals surface area (Å²) in [7, 11) is -4.14. The third-order valence-electron chi connectivity index (χ3n) is 5.83. The summed E-state index contributed by atoms with van der Waals surface area (Å²) < 4.78 is 38.5. The number of hydrogen-bond acceptors (Lipinski definition) is 9. The Labute approximate surface area is 220 Å². The van der Waals surface area contributed by atoms with Crippen molar-refractivity contribution in [3.05, 3.63) is 45.8 Å². The molecule has 2 N–H and O–H groups in total. The average molecular weight is 550 g/mol. The van der Waals surface area contributed by atoms with Gasteiger partial charge in [-0.05, 0) is 65.7 Å². The van der Waals surface area contributed by atoms with E-state index in [-0.39, 0.29) is 40.5 Å². The molecule has 1 aromatic heterocycles. The lowest BCUT2D eigenvalue weighted by molar-refractivity contribution is 0.00682. The summed E-state index contributed by atoms with van der Waals surface area (Å²) in [5.41, 5.74) is 5.58. The van der Waals surface area contributed by atoms with Crippen molar-refractivity contribution in [2.45, 2.75) is 70.1 Å². The van der Waals surface area contributed by atoms with Gasteiger partial charge in [-0.2, -0.15) is 0 Å². The molecule has 1 aromatic carbocycles. The molecule has 0 aliphatic carbocycles. The number of esters is 1. The summed E-state index contributed by atoms with van der Waals surface area (Å²) >= 11 is 1.08. The van der Waals surface area contributed by atoms with E-state index >= 15 is 0 Å². The molecule has 37 heavy (non-hydrogen) atoms. The number of carbonyl (C=O) groups is 3. The van der Waals surface area contributed by atoms with Crippen molar-refractivity contribution < 1.29 is 32.3 Å². The summed E-state index contributed by atoms with van der Waals surface area (Å²) in [4.78, 5) is 41.2. The van der Waals surface area contributed by atoms with Gasteiger partial charge in [0.25, 0.3) is 15.9 Å². The second-order valence-electron chi connectivity index (χ2n) is 11.0. The van der Waals surface area contributed by atoms with Gasteiger partial charge in [0.05, 0.1) is 23.7 Å². The van der Waals surface area contributed by atoms with E-state index in [0.717, 1.165) is 15.6 Å². The molecule has 0 saturated heterocycles. The standard InChI is InChI=1S/C25H31N3O7S2/c1-24(2,3)34-22(30)18-15-11-12-27(23(31)35-25(4,5)6)16(19(15)36-20(18)26)13-28-21(29)14-9-7-8-10-17(14)37(28,32)33/h7-10,16H,11-13,26H2,1-6H3. The first-order valence-corrected chi connectivity index (χ1v) is 14.1. The van der Waals surface area contributed by atoms with Crippen LogP contribution in [0.2, 0.25) is 0 Å². The van der Waals surface area contributed by atoms with Gasteiger partial charge in [-0.15, -0.1) is 11.3 Å². The summed E-state index contributed by atoms with van der Waals surface area (Å²) in [6.45, 7) is 10.2.